The second kappa shape index (κ2) is 11.4. The van der Waals surface area contributed by atoms with Crippen LogP contribution < -0.4 is 15.0 Å². The van der Waals surface area contributed by atoms with Crippen LogP contribution in [0.4, 0.5) is 5.69 Å². The molecule has 166 valence electrons. The van der Waals surface area contributed by atoms with E-state index >= 15 is 0 Å². The number of benzene rings is 2. The van der Waals surface area contributed by atoms with E-state index in [-0.39, 0.29) is 0 Å². The summed E-state index contributed by atoms with van der Waals surface area (Å²) in [5.74, 6) is 0.649. The molecule has 0 aliphatic rings. The van der Waals surface area contributed by atoms with E-state index < -0.39 is 0 Å². The highest BCUT2D eigenvalue weighted by molar-refractivity contribution is 7.80. The number of nitrogens with one attached hydrogen (secondary N) is 3. The van der Waals surface area contributed by atoms with E-state index in [0.717, 1.165) is 50.3 Å². The van der Waals surface area contributed by atoms with Crippen molar-refractivity contribution in [1.29, 1.82) is 0 Å². The summed E-state index contributed by atoms with van der Waals surface area (Å²) in [4.78, 5) is 7.22. The number of aromatic nitrogens is 1. The number of fused-ring (bicyclic) bond motifs is 1. The van der Waals surface area contributed by atoms with Crippen molar-refractivity contribution in [2.75, 3.05) is 38.6 Å². The number of ether oxygens (including phenoxy) is 1. The van der Waals surface area contributed by atoms with E-state index in [2.05, 4.69) is 53.4 Å². The highest BCUT2D eigenvalue weighted by Crippen LogP contribution is 2.27. The molecule has 0 fully saturated rings. The standard InChI is InChI=1S/C24H31ClN4OS/c1-4-28(5-2)13-8-14-29(17-18-16-26-22-10-7-6-9-20(18)22)24(31)27-19-11-12-23(30-3)21(25)15-19/h6-7,9-12,15-16,26H,4-5,8,13-14,17H2,1-3H3,(H,27,31)/p+1. The Bertz CT molecular complexity index is 1000. The lowest BCUT2D eigenvalue weighted by molar-refractivity contribution is -0.896. The third-order valence-corrected chi connectivity index (χ3v) is 6.34. The fourth-order valence-corrected chi connectivity index (χ4v) is 4.32. The van der Waals surface area contributed by atoms with Gasteiger partial charge in [-0.15, -0.1) is 0 Å². The average molecular weight is 460 g/mol. The molecule has 5 nitrogen and oxygen atoms in total. The lowest BCUT2D eigenvalue weighted by atomic mass is 10.1. The SMILES string of the molecule is CC[NH+](CC)CCCN(Cc1c[nH]c2ccccc12)C(=S)Nc1ccc(OC)c(Cl)c1. The molecular formula is C24H32ClN4OS+. The van der Waals surface area contributed by atoms with Crippen LogP contribution in [-0.4, -0.2) is 48.3 Å². The molecule has 0 unspecified atom stereocenters. The van der Waals surface area contributed by atoms with E-state index in [1.165, 1.54) is 10.9 Å². The van der Waals surface area contributed by atoms with Gasteiger partial charge in [-0.1, -0.05) is 29.8 Å². The van der Waals surface area contributed by atoms with Crippen molar-refractivity contribution < 1.29 is 9.64 Å². The molecule has 0 amide bonds. The third-order valence-electron chi connectivity index (χ3n) is 5.68. The monoisotopic (exact) mass is 459 g/mol. The highest BCUT2D eigenvalue weighted by Gasteiger charge is 2.15. The first kappa shape index (κ1) is 23.4. The number of hydrogen-bond donors (Lipinski definition) is 3. The predicted molar refractivity (Wildman–Crippen MR) is 134 cm³/mol. The van der Waals surface area contributed by atoms with Crippen molar-refractivity contribution in [1.82, 2.24) is 9.88 Å². The zero-order valence-corrected chi connectivity index (χ0v) is 20.1. The van der Waals surface area contributed by atoms with Crippen LogP contribution in [-0.2, 0) is 6.54 Å². The zero-order valence-electron chi connectivity index (χ0n) is 18.5. The van der Waals surface area contributed by atoms with Crippen LogP contribution in [0.15, 0.2) is 48.7 Å². The molecule has 0 spiro atoms. The van der Waals surface area contributed by atoms with Crippen molar-refractivity contribution >= 4 is 45.5 Å². The summed E-state index contributed by atoms with van der Waals surface area (Å²) in [5.41, 5.74) is 3.24. The Balaban J connectivity index is 1.75. The van der Waals surface area contributed by atoms with Crippen molar-refractivity contribution in [2.24, 2.45) is 0 Å². The molecule has 0 aliphatic heterocycles. The fraction of sp³-hybridized carbons (Fsp3) is 0.375. The van der Waals surface area contributed by atoms with E-state index in [4.69, 9.17) is 28.6 Å². The molecule has 0 radical (unpaired) electrons. The molecule has 7 heteroatoms. The Morgan fingerprint density at radius 1 is 1.19 bits per heavy atom. The number of nitrogens with zero attached hydrogens (tertiary/aromatic N) is 1. The number of methoxy groups -OCH3 is 1. The summed E-state index contributed by atoms with van der Waals surface area (Å²) in [6.45, 7) is 9.53. The number of quaternary nitrogens is 1. The van der Waals surface area contributed by atoms with Crippen molar-refractivity contribution in [2.45, 2.75) is 26.8 Å². The smallest absolute Gasteiger partial charge is 0.173 e. The number of hydrogen-bond acceptors (Lipinski definition) is 2. The van der Waals surface area contributed by atoms with Crippen molar-refractivity contribution in [3.05, 3.63) is 59.2 Å². The zero-order chi connectivity index (χ0) is 22.2. The Morgan fingerprint density at radius 2 is 1.97 bits per heavy atom. The molecule has 0 saturated heterocycles. The van der Waals surface area contributed by atoms with E-state index in [1.54, 1.807) is 12.0 Å². The van der Waals surface area contributed by atoms with Crippen LogP contribution >= 0.6 is 23.8 Å². The minimum atomic E-state index is 0.559. The van der Waals surface area contributed by atoms with Crippen LogP contribution in [0.1, 0.15) is 25.8 Å². The fourth-order valence-electron chi connectivity index (χ4n) is 3.79. The molecule has 0 atom stereocenters. The average Bonchev–Trinajstić information content (AvgIpc) is 3.19. The summed E-state index contributed by atoms with van der Waals surface area (Å²) in [5, 5.41) is 5.85. The topological polar surface area (TPSA) is 44.7 Å². The highest BCUT2D eigenvalue weighted by atomic mass is 35.5. The van der Waals surface area contributed by atoms with Gasteiger partial charge in [-0.25, -0.2) is 0 Å². The van der Waals surface area contributed by atoms with Gasteiger partial charge >= 0.3 is 0 Å². The number of thiocarbonyl (C=S) groups is 1. The number of para-hydroxylation sites is 1. The van der Waals surface area contributed by atoms with Gasteiger partial charge in [0.1, 0.15) is 5.75 Å². The Hall–Kier alpha value is -2.28. The Morgan fingerprint density at radius 3 is 2.68 bits per heavy atom. The van der Waals surface area contributed by atoms with Gasteiger partial charge < -0.3 is 24.8 Å². The second-order valence-corrected chi connectivity index (χ2v) is 8.42. The first-order valence-electron chi connectivity index (χ1n) is 10.8. The maximum Gasteiger partial charge on any atom is 0.173 e. The molecule has 0 aliphatic carbocycles. The van der Waals surface area contributed by atoms with E-state index in [9.17, 15) is 0 Å². The third kappa shape index (κ3) is 6.12. The number of aromatic amines is 1. The Kier molecular flexibility index (Phi) is 8.58. The first-order valence-corrected chi connectivity index (χ1v) is 11.6. The summed E-state index contributed by atoms with van der Waals surface area (Å²) >= 11 is 12.1. The van der Waals surface area contributed by atoms with Gasteiger partial charge in [0.25, 0.3) is 0 Å². The molecule has 1 heterocycles. The van der Waals surface area contributed by atoms with E-state index in [0.29, 0.717) is 15.9 Å². The normalized spacial score (nSPS) is 11.1. The molecule has 0 saturated carbocycles. The number of halogens is 1. The minimum Gasteiger partial charge on any atom is -0.495 e. The second-order valence-electron chi connectivity index (χ2n) is 7.62. The minimum absolute atomic E-state index is 0.559. The van der Waals surface area contributed by atoms with Gasteiger partial charge in [0.05, 0.1) is 31.8 Å². The molecule has 3 rings (SSSR count). The van der Waals surface area contributed by atoms with Crippen LogP contribution in [0.2, 0.25) is 5.02 Å². The van der Waals surface area contributed by atoms with Crippen LogP contribution in [0, 0.1) is 0 Å². The maximum absolute atomic E-state index is 6.29. The summed E-state index contributed by atoms with van der Waals surface area (Å²) < 4.78 is 5.25. The lowest BCUT2D eigenvalue weighted by Gasteiger charge is -2.27. The largest absolute Gasteiger partial charge is 0.495 e. The predicted octanol–water partition coefficient (Wildman–Crippen LogP) is 4.34. The molecule has 3 N–H and O–H groups in total. The summed E-state index contributed by atoms with van der Waals surface area (Å²) in [6.07, 6.45) is 3.16. The summed E-state index contributed by atoms with van der Waals surface area (Å²) in [7, 11) is 1.61. The van der Waals surface area contributed by atoms with Gasteiger partial charge in [-0.2, -0.15) is 0 Å². The van der Waals surface area contributed by atoms with Gasteiger partial charge in [-0.3, -0.25) is 0 Å². The van der Waals surface area contributed by atoms with Crippen LogP contribution in [0.3, 0.4) is 0 Å². The molecular weight excluding hydrogens is 428 g/mol. The van der Waals surface area contributed by atoms with Crippen LogP contribution in [0.5, 0.6) is 5.75 Å². The van der Waals surface area contributed by atoms with Gasteiger partial charge in [0.15, 0.2) is 5.11 Å². The first-order chi connectivity index (χ1) is 15.0. The van der Waals surface area contributed by atoms with Crippen molar-refractivity contribution in [3.63, 3.8) is 0 Å². The molecule has 31 heavy (non-hydrogen) atoms. The van der Waals surface area contributed by atoms with Gasteiger partial charge in [0.2, 0.25) is 0 Å². The van der Waals surface area contributed by atoms with Gasteiger partial charge in [0, 0.05) is 42.3 Å². The molecule has 1 aromatic heterocycles. The van der Waals surface area contributed by atoms with E-state index in [1.807, 2.05) is 24.3 Å². The number of H-pyrrole nitrogens is 1. The van der Waals surface area contributed by atoms with Crippen LogP contribution in [0.25, 0.3) is 10.9 Å². The lowest BCUT2D eigenvalue weighted by Crippen LogP contribution is -3.11. The molecule has 3 aromatic rings. The number of rotatable bonds is 10. The maximum atomic E-state index is 6.29. The van der Waals surface area contributed by atoms with Gasteiger partial charge in [-0.05, 0) is 55.9 Å². The summed E-state index contributed by atoms with van der Waals surface area (Å²) in [6, 6.07) is 14.0. The molecule has 2 aromatic carbocycles. The number of anilines is 1. The Labute approximate surface area is 195 Å². The molecule has 0 bridgehead atoms. The van der Waals surface area contributed by atoms with Crippen molar-refractivity contribution in [3.8, 4) is 5.75 Å². The quantitative estimate of drug-likeness (QED) is 0.394.